The van der Waals surface area contributed by atoms with Crippen molar-refractivity contribution < 1.29 is 22.7 Å². The summed E-state index contributed by atoms with van der Waals surface area (Å²) in [7, 11) is 0. The van der Waals surface area contributed by atoms with Gasteiger partial charge >= 0.3 is 6.18 Å². The summed E-state index contributed by atoms with van der Waals surface area (Å²) in [5.74, 6) is 0.977. The van der Waals surface area contributed by atoms with Crippen LogP contribution >= 0.6 is 0 Å². The number of nitrogens with zero attached hydrogens (tertiary/aromatic N) is 5. The van der Waals surface area contributed by atoms with Crippen molar-refractivity contribution in [3.63, 3.8) is 0 Å². The average Bonchev–Trinajstić information content (AvgIpc) is 3.47. The topological polar surface area (TPSA) is 61.8 Å². The second-order valence-corrected chi connectivity index (χ2v) is 10.7. The predicted octanol–water partition coefficient (Wildman–Crippen LogP) is 4.57. The first-order valence-corrected chi connectivity index (χ1v) is 13.3. The minimum Gasteiger partial charge on any atom is -0.457 e. The van der Waals surface area contributed by atoms with E-state index >= 15 is 0 Å². The fourth-order valence-corrected chi connectivity index (χ4v) is 5.95. The lowest BCUT2D eigenvalue weighted by Crippen LogP contribution is -2.55. The fourth-order valence-electron chi connectivity index (χ4n) is 5.95. The lowest BCUT2D eigenvalue weighted by atomic mass is 10.0. The summed E-state index contributed by atoms with van der Waals surface area (Å²) < 4.78 is 45.6. The second kappa shape index (κ2) is 9.87. The monoisotopic (exact) mass is 515 g/mol. The molecule has 3 saturated heterocycles. The Morgan fingerprint density at radius 2 is 1.70 bits per heavy atom. The van der Waals surface area contributed by atoms with Crippen molar-refractivity contribution in [2.45, 2.75) is 75.4 Å². The molecule has 1 aromatic heterocycles. The number of likely N-dealkylation sites (tertiary alicyclic amines) is 1. The molecule has 2 aromatic rings. The molecular formula is C27H32F3N5O2. The van der Waals surface area contributed by atoms with E-state index in [0.717, 1.165) is 63.0 Å². The van der Waals surface area contributed by atoms with E-state index in [0.29, 0.717) is 36.6 Å². The van der Waals surface area contributed by atoms with Gasteiger partial charge in [0, 0.05) is 18.5 Å². The Balaban J connectivity index is 1.17. The highest BCUT2D eigenvalue weighted by Crippen LogP contribution is 2.39. The number of ether oxygens (including phenoxy) is 1. The van der Waals surface area contributed by atoms with Gasteiger partial charge in [0.2, 0.25) is 11.8 Å². The van der Waals surface area contributed by atoms with Crippen LogP contribution in [0.3, 0.4) is 0 Å². The lowest BCUT2D eigenvalue weighted by molar-refractivity contribution is -0.144. The van der Waals surface area contributed by atoms with E-state index < -0.39 is 17.8 Å². The average molecular weight is 516 g/mol. The van der Waals surface area contributed by atoms with Gasteiger partial charge in [0.05, 0.1) is 30.3 Å². The maximum Gasteiger partial charge on any atom is 0.416 e. The number of amides is 1. The predicted molar refractivity (Wildman–Crippen MR) is 129 cm³/mol. The zero-order valence-corrected chi connectivity index (χ0v) is 20.7. The fraction of sp³-hybridized carbons (Fsp3) is 0.593. The van der Waals surface area contributed by atoms with Gasteiger partial charge in [-0.2, -0.15) is 13.2 Å². The van der Waals surface area contributed by atoms with Gasteiger partial charge in [-0.15, -0.1) is 0 Å². The number of hydrogen-bond acceptors (Lipinski definition) is 6. The van der Waals surface area contributed by atoms with Gasteiger partial charge in [-0.25, -0.2) is 9.88 Å². The highest BCUT2D eigenvalue weighted by atomic mass is 19.4. The van der Waals surface area contributed by atoms with Crippen molar-refractivity contribution in [2.75, 3.05) is 26.3 Å². The first kappa shape index (κ1) is 24.6. The van der Waals surface area contributed by atoms with Crippen LogP contribution in [0.4, 0.5) is 13.2 Å². The third-order valence-corrected chi connectivity index (χ3v) is 8.16. The minimum absolute atomic E-state index is 0.0562. The largest absolute Gasteiger partial charge is 0.457 e. The Kier molecular flexibility index (Phi) is 6.56. The van der Waals surface area contributed by atoms with Crippen LogP contribution in [0.15, 0.2) is 36.7 Å². The molecule has 7 nitrogen and oxygen atoms in total. The number of aromatic nitrogens is 2. The zero-order chi connectivity index (χ0) is 25.6. The van der Waals surface area contributed by atoms with Crippen LogP contribution in [0, 0.1) is 0 Å². The molecule has 1 amide bonds. The normalized spacial score (nSPS) is 25.8. The summed E-state index contributed by atoms with van der Waals surface area (Å²) in [6, 6.07) is 4.84. The van der Waals surface area contributed by atoms with Crippen molar-refractivity contribution >= 4 is 5.91 Å². The number of benzene rings is 1. The van der Waals surface area contributed by atoms with Crippen LogP contribution in [-0.2, 0) is 11.0 Å². The molecule has 37 heavy (non-hydrogen) atoms. The smallest absolute Gasteiger partial charge is 0.416 e. The van der Waals surface area contributed by atoms with Crippen LogP contribution in [0.25, 0.3) is 0 Å². The molecule has 1 aromatic carbocycles. The molecule has 1 unspecified atom stereocenters. The molecule has 1 saturated carbocycles. The van der Waals surface area contributed by atoms with Gasteiger partial charge in [-0.1, -0.05) is 12.1 Å². The Hall–Kier alpha value is -2.72. The number of halogens is 3. The van der Waals surface area contributed by atoms with Crippen molar-refractivity contribution in [3.8, 4) is 5.88 Å². The van der Waals surface area contributed by atoms with E-state index in [9.17, 15) is 18.0 Å². The number of carbonyl (C=O) groups excluding carboxylic acids is 1. The molecule has 3 aliphatic heterocycles. The van der Waals surface area contributed by atoms with E-state index in [1.807, 2.05) is 4.90 Å². The second-order valence-electron chi connectivity index (χ2n) is 10.7. The van der Waals surface area contributed by atoms with Gasteiger partial charge < -0.3 is 9.64 Å². The first-order valence-electron chi connectivity index (χ1n) is 13.3. The molecule has 198 valence electrons. The molecule has 0 bridgehead atoms. The van der Waals surface area contributed by atoms with Crippen molar-refractivity contribution in [1.82, 2.24) is 24.7 Å². The van der Waals surface area contributed by atoms with Gasteiger partial charge in [0.15, 0.2) is 6.23 Å². The summed E-state index contributed by atoms with van der Waals surface area (Å²) >= 11 is 0. The van der Waals surface area contributed by atoms with E-state index in [2.05, 4.69) is 19.8 Å². The van der Waals surface area contributed by atoms with Crippen molar-refractivity contribution in [1.29, 1.82) is 0 Å². The Bertz CT molecular complexity index is 1100. The van der Waals surface area contributed by atoms with Crippen molar-refractivity contribution in [2.24, 2.45) is 0 Å². The molecule has 4 fully saturated rings. The molecule has 3 atom stereocenters. The molecule has 4 heterocycles. The maximum atomic E-state index is 13.9. The molecule has 4 aliphatic rings. The molecular weight excluding hydrogens is 483 g/mol. The van der Waals surface area contributed by atoms with Crippen LogP contribution < -0.4 is 4.74 Å². The summed E-state index contributed by atoms with van der Waals surface area (Å²) in [4.78, 5) is 29.0. The number of fused-ring (bicyclic) bond motifs is 1. The lowest BCUT2D eigenvalue weighted by Gasteiger charge is -2.42. The van der Waals surface area contributed by atoms with Crippen LogP contribution in [0.2, 0.25) is 0 Å². The van der Waals surface area contributed by atoms with Crippen molar-refractivity contribution in [3.05, 3.63) is 53.5 Å². The van der Waals surface area contributed by atoms with Crippen LogP contribution in [-0.4, -0.2) is 69.1 Å². The van der Waals surface area contributed by atoms with Gasteiger partial charge in [-0.3, -0.25) is 14.7 Å². The standard InChI is InChI=1S/C27H32F3N5O2/c28-27(29,30)20-7-5-19(6-8-20)25(33-12-1-2-13-33)26(36)34-14-11-21-9-10-24(35(21)17-34)37-23-16-31-22(15-32-23)18-3-4-18/h5-8,15-16,18,21,24-25H,1-4,9-14,17H2/t21-,24-,25?/m0/s1. The van der Waals surface area contributed by atoms with Crippen LogP contribution in [0.5, 0.6) is 5.88 Å². The maximum absolute atomic E-state index is 13.9. The molecule has 1 aliphatic carbocycles. The Morgan fingerprint density at radius 3 is 2.35 bits per heavy atom. The van der Waals surface area contributed by atoms with E-state index in [-0.39, 0.29) is 12.1 Å². The zero-order valence-electron chi connectivity index (χ0n) is 20.7. The summed E-state index contributed by atoms with van der Waals surface area (Å²) in [5, 5.41) is 0. The number of alkyl halides is 3. The highest BCUT2D eigenvalue weighted by molar-refractivity contribution is 5.83. The highest BCUT2D eigenvalue weighted by Gasteiger charge is 2.42. The molecule has 0 radical (unpaired) electrons. The number of hydrogen-bond donors (Lipinski definition) is 0. The molecule has 6 rings (SSSR count). The molecule has 10 heteroatoms. The van der Waals surface area contributed by atoms with E-state index in [4.69, 9.17) is 4.74 Å². The minimum atomic E-state index is -4.40. The summed E-state index contributed by atoms with van der Waals surface area (Å²) in [6.07, 6.45) is 5.91. The quantitative estimate of drug-likeness (QED) is 0.562. The summed E-state index contributed by atoms with van der Waals surface area (Å²) in [6.45, 7) is 2.60. The van der Waals surface area contributed by atoms with E-state index in [1.165, 1.54) is 25.0 Å². The molecule has 0 spiro atoms. The van der Waals surface area contributed by atoms with Gasteiger partial charge in [0.1, 0.15) is 6.04 Å². The molecule has 0 N–H and O–H groups in total. The van der Waals surface area contributed by atoms with Gasteiger partial charge in [0.25, 0.3) is 0 Å². The Morgan fingerprint density at radius 1 is 0.946 bits per heavy atom. The van der Waals surface area contributed by atoms with E-state index in [1.54, 1.807) is 12.4 Å². The Labute approximate surface area is 214 Å². The SMILES string of the molecule is O=C(C(c1ccc(C(F)(F)F)cc1)N1CCCC1)N1CC[C@@H]2CC[C@H](Oc3cnc(C4CC4)cn3)N2C1. The summed E-state index contributed by atoms with van der Waals surface area (Å²) in [5.41, 5.74) is 0.930. The third kappa shape index (κ3) is 5.18. The van der Waals surface area contributed by atoms with Crippen LogP contribution in [0.1, 0.15) is 73.7 Å². The number of rotatable bonds is 6. The van der Waals surface area contributed by atoms with Gasteiger partial charge in [-0.05, 0) is 75.7 Å². The first-order chi connectivity index (χ1) is 17.9. The third-order valence-electron chi connectivity index (χ3n) is 8.16. The number of carbonyl (C=O) groups is 1.